The summed E-state index contributed by atoms with van der Waals surface area (Å²) in [5, 5.41) is 5.95. The van der Waals surface area contributed by atoms with Crippen molar-refractivity contribution in [3.05, 3.63) is 29.3 Å². The molecule has 1 aromatic rings. The number of rotatable bonds is 5. The lowest BCUT2D eigenvalue weighted by Gasteiger charge is -2.34. The van der Waals surface area contributed by atoms with Crippen molar-refractivity contribution in [1.29, 1.82) is 0 Å². The smallest absolute Gasteiger partial charge is 0.243 e. The van der Waals surface area contributed by atoms with Crippen LogP contribution in [0.5, 0.6) is 0 Å². The summed E-state index contributed by atoms with van der Waals surface area (Å²) in [4.78, 5) is 24.2. The van der Waals surface area contributed by atoms with Gasteiger partial charge in [0.2, 0.25) is 11.8 Å². The van der Waals surface area contributed by atoms with Gasteiger partial charge in [0.05, 0.1) is 12.0 Å². The highest BCUT2D eigenvalue weighted by molar-refractivity contribution is 6.30. The maximum atomic E-state index is 12.3. The van der Waals surface area contributed by atoms with E-state index in [1.54, 1.807) is 24.3 Å². The van der Waals surface area contributed by atoms with E-state index in [2.05, 4.69) is 10.6 Å². The summed E-state index contributed by atoms with van der Waals surface area (Å²) in [6.45, 7) is 1.19. The number of anilines is 1. The standard InChI is InChI=1S/C15H20ClN3O3/c16-11-1-3-12(4-2-11)19-13(20)9-18-14(21)15(10-17)5-7-22-8-6-15/h1-4H,5-10,17H2,(H,18,21)(H,19,20). The Morgan fingerprint density at radius 1 is 1.23 bits per heavy atom. The highest BCUT2D eigenvalue weighted by Gasteiger charge is 2.38. The van der Waals surface area contributed by atoms with E-state index in [1.165, 1.54) is 0 Å². The fourth-order valence-corrected chi connectivity index (χ4v) is 2.50. The minimum atomic E-state index is -0.626. The van der Waals surface area contributed by atoms with Crippen molar-refractivity contribution in [2.45, 2.75) is 12.8 Å². The second kappa shape index (κ2) is 7.58. The van der Waals surface area contributed by atoms with Gasteiger partial charge in [0, 0.05) is 30.5 Å². The molecule has 7 heteroatoms. The van der Waals surface area contributed by atoms with Gasteiger partial charge in [0.15, 0.2) is 0 Å². The molecule has 120 valence electrons. The number of halogens is 1. The van der Waals surface area contributed by atoms with Crippen LogP contribution < -0.4 is 16.4 Å². The molecule has 6 nitrogen and oxygen atoms in total. The van der Waals surface area contributed by atoms with Crippen LogP contribution in [0, 0.1) is 5.41 Å². The molecular formula is C15H20ClN3O3. The average Bonchev–Trinajstić information content (AvgIpc) is 2.55. The molecule has 2 amide bonds. The summed E-state index contributed by atoms with van der Waals surface area (Å²) < 4.78 is 5.27. The van der Waals surface area contributed by atoms with Crippen molar-refractivity contribution in [2.24, 2.45) is 11.1 Å². The van der Waals surface area contributed by atoms with Crippen LogP contribution >= 0.6 is 11.6 Å². The maximum Gasteiger partial charge on any atom is 0.243 e. The molecule has 0 radical (unpaired) electrons. The maximum absolute atomic E-state index is 12.3. The first-order chi connectivity index (χ1) is 10.6. The summed E-state index contributed by atoms with van der Waals surface area (Å²) in [5.74, 6) is -0.487. The lowest BCUT2D eigenvalue weighted by atomic mass is 9.79. The Morgan fingerprint density at radius 2 is 1.86 bits per heavy atom. The van der Waals surface area contributed by atoms with Gasteiger partial charge in [-0.3, -0.25) is 9.59 Å². The molecule has 1 aromatic carbocycles. The van der Waals surface area contributed by atoms with Crippen LogP contribution in [-0.4, -0.2) is 38.1 Å². The number of amides is 2. The number of nitrogens with one attached hydrogen (secondary N) is 2. The molecule has 1 saturated heterocycles. The van der Waals surface area contributed by atoms with Crippen molar-refractivity contribution in [1.82, 2.24) is 5.32 Å². The quantitative estimate of drug-likeness (QED) is 0.757. The largest absolute Gasteiger partial charge is 0.381 e. The predicted molar refractivity (Wildman–Crippen MR) is 84.6 cm³/mol. The summed E-state index contributed by atoms with van der Waals surface area (Å²) in [6, 6.07) is 6.76. The minimum Gasteiger partial charge on any atom is -0.381 e. The van der Waals surface area contributed by atoms with Crippen LogP contribution in [0.3, 0.4) is 0 Å². The molecule has 22 heavy (non-hydrogen) atoms. The van der Waals surface area contributed by atoms with Crippen LogP contribution in [0.25, 0.3) is 0 Å². The molecule has 1 fully saturated rings. The van der Waals surface area contributed by atoms with Gasteiger partial charge < -0.3 is 21.1 Å². The number of benzene rings is 1. The van der Waals surface area contributed by atoms with E-state index < -0.39 is 5.41 Å². The molecule has 0 atom stereocenters. The lowest BCUT2D eigenvalue weighted by Crippen LogP contribution is -2.50. The topological polar surface area (TPSA) is 93.5 Å². The molecule has 0 aliphatic carbocycles. The third-order valence-corrected chi connectivity index (χ3v) is 4.11. The predicted octanol–water partition coefficient (Wildman–Crippen LogP) is 1.15. The van der Waals surface area contributed by atoms with E-state index in [9.17, 15) is 9.59 Å². The van der Waals surface area contributed by atoms with Gasteiger partial charge in [-0.25, -0.2) is 0 Å². The summed E-state index contributed by atoms with van der Waals surface area (Å²) in [7, 11) is 0. The Hall–Kier alpha value is -1.63. The molecule has 1 aliphatic heterocycles. The van der Waals surface area contributed by atoms with E-state index in [4.69, 9.17) is 22.1 Å². The fourth-order valence-electron chi connectivity index (χ4n) is 2.37. The van der Waals surface area contributed by atoms with Crippen molar-refractivity contribution in [2.75, 3.05) is 31.6 Å². The van der Waals surface area contributed by atoms with Crippen molar-refractivity contribution >= 4 is 29.1 Å². The summed E-state index contributed by atoms with van der Waals surface area (Å²) in [5.41, 5.74) is 5.76. The fraction of sp³-hybridized carbons (Fsp3) is 0.467. The zero-order valence-electron chi connectivity index (χ0n) is 12.2. The van der Waals surface area contributed by atoms with Crippen LogP contribution in [0.2, 0.25) is 5.02 Å². The Kier molecular flexibility index (Phi) is 5.76. The number of ether oxygens (including phenoxy) is 1. The molecule has 0 unspecified atom stereocenters. The second-order valence-electron chi connectivity index (χ2n) is 5.33. The molecule has 4 N–H and O–H groups in total. The Morgan fingerprint density at radius 3 is 2.45 bits per heavy atom. The minimum absolute atomic E-state index is 0.0932. The van der Waals surface area contributed by atoms with Crippen molar-refractivity contribution < 1.29 is 14.3 Å². The number of hydrogen-bond acceptors (Lipinski definition) is 4. The van der Waals surface area contributed by atoms with Gasteiger partial charge >= 0.3 is 0 Å². The van der Waals surface area contributed by atoms with Crippen molar-refractivity contribution in [3.63, 3.8) is 0 Å². The molecule has 1 heterocycles. The van der Waals surface area contributed by atoms with Gasteiger partial charge in [-0.15, -0.1) is 0 Å². The number of nitrogens with two attached hydrogens (primary N) is 1. The van der Waals surface area contributed by atoms with Gasteiger partial charge in [0.1, 0.15) is 0 Å². The van der Waals surface area contributed by atoms with Gasteiger partial charge in [-0.05, 0) is 37.1 Å². The SMILES string of the molecule is NCC1(C(=O)NCC(=O)Nc2ccc(Cl)cc2)CCOCC1. The molecule has 2 rings (SSSR count). The van der Waals surface area contributed by atoms with Crippen LogP contribution in [0.4, 0.5) is 5.69 Å². The van der Waals surface area contributed by atoms with Gasteiger partial charge in [-0.2, -0.15) is 0 Å². The molecule has 0 bridgehead atoms. The average molecular weight is 326 g/mol. The molecule has 0 aromatic heterocycles. The summed E-state index contributed by atoms with van der Waals surface area (Å²) in [6.07, 6.45) is 1.16. The Labute approximate surface area is 134 Å². The first-order valence-electron chi connectivity index (χ1n) is 7.17. The number of carbonyl (C=O) groups excluding carboxylic acids is 2. The van der Waals surface area contributed by atoms with E-state index in [1.807, 2.05) is 0 Å². The highest BCUT2D eigenvalue weighted by atomic mass is 35.5. The van der Waals surface area contributed by atoms with Crippen LogP contribution in [-0.2, 0) is 14.3 Å². The summed E-state index contributed by atoms with van der Waals surface area (Å²) >= 11 is 5.78. The normalized spacial score (nSPS) is 16.8. The Balaban J connectivity index is 1.84. The second-order valence-corrected chi connectivity index (χ2v) is 5.77. The Bertz CT molecular complexity index is 527. The highest BCUT2D eigenvalue weighted by Crippen LogP contribution is 2.29. The number of carbonyl (C=O) groups is 2. The molecular weight excluding hydrogens is 306 g/mol. The lowest BCUT2D eigenvalue weighted by molar-refractivity contribution is -0.137. The molecule has 0 saturated carbocycles. The molecule has 1 aliphatic rings. The van der Waals surface area contributed by atoms with E-state index >= 15 is 0 Å². The van der Waals surface area contributed by atoms with Crippen LogP contribution in [0.15, 0.2) is 24.3 Å². The van der Waals surface area contributed by atoms with Crippen molar-refractivity contribution in [3.8, 4) is 0 Å². The van der Waals surface area contributed by atoms with E-state index in [-0.39, 0.29) is 24.9 Å². The third-order valence-electron chi connectivity index (χ3n) is 3.86. The van der Waals surface area contributed by atoms with Crippen LogP contribution in [0.1, 0.15) is 12.8 Å². The van der Waals surface area contributed by atoms with Gasteiger partial charge in [-0.1, -0.05) is 11.6 Å². The van der Waals surface area contributed by atoms with E-state index in [0.717, 1.165) is 0 Å². The van der Waals surface area contributed by atoms with Gasteiger partial charge in [0.25, 0.3) is 0 Å². The number of hydrogen-bond donors (Lipinski definition) is 3. The monoisotopic (exact) mass is 325 g/mol. The third kappa shape index (κ3) is 4.19. The van der Waals surface area contributed by atoms with E-state index in [0.29, 0.717) is 36.8 Å². The zero-order valence-corrected chi connectivity index (χ0v) is 13.0. The molecule has 0 spiro atoms. The zero-order chi connectivity index (χ0) is 16.0. The first kappa shape index (κ1) is 16.7. The first-order valence-corrected chi connectivity index (χ1v) is 7.55.